The fourth-order valence-corrected chi connectivity index (χ4v) is 0.943. The van der Waals surface area contributed by atoms with Crippen LogP contribution >= 0.6 is 0 Å². The van der Waals surface area contributed by atoms with Crippen molar-refractivity contribution in [3.63, 3.8) is 0 Å². The van der Waals surface area contributed by atoms with Crippen molar-refractivity contribution in [2.75, 3.05) is 0 Å². The number of hydrogen-bond donors (Lipinski definition) is 1. The van der Waals surface area contributed by atoms with E-state index in [0.29, 0.717) is 0 Å². The van der Waals surface area contributed by atoms with Gasteiger partial charge < -0.3 is 0 Å². The predicted octanol–water partition coefficient (Wildman–Crippen LogP) is 2.74. The Balaban J connectivity index is 0.000000921. The number of rotatable bonds is 0. The van der Waals surface area contributed by atoms with Gasteiger partial charge in [-0.15, -0.1) is 0 Å². The fraction of sp³-hybridized carbons (Fsp3) is 0.667. The zero-order valence-corrected chi connectivity index (χ0v) is 10.6. The first-order valence-electron chi connectivity index (χ1n) is 5.39. The van der Waals surface area contributed by atoms with Gasteiger partial charge in [-0.3, -0.25) is 4.79 Å². The highest BCUT2D eigenvalue weighted by Gasteiger charge is 2.26. The molecule has 0 aromatic rings. The summed E-state index contributed by atoms with van der Waals surface area (Å²) in [4.78, 5) is 11.4. The first-order valence-corrected chi connectivity index (χ1v) is 5.39. The smallest absolute Gasteiger partial charge is 0.249 e. The monoisotopic (exact) mass is 210 g/mol. The van der Waals surface area contributed by atoms with Crippen molar-refractivity contribution in [1.29, 1.82) is 0 Å². The largest absolute Gasteiger partial charge is 0.272 e. The van der Waals surface area contributed by atoms with Gasteiger partial charge >= 0.3 is 0 Å². The molecule has 86 valence electrons. The highest BCUT2D eigenvalue weighted by molar-refractivity contribution is 5.85. The van der Waals surface area contributed by atoms with Crippen molar-refractivity contribution >= 4 is 12.1 Å². The van der Waals surface area contributed by atoms with Gasteiger partial charge in [-0.05, 0) is 13.8 Å². The summed E-state index contributed by atoms with van der Waals surface area (Å²) >= 11 is 0. The van der Waals surface area contributed by atoms with Crippen molar-refractivity contribution in [1.82, 2.24) is 5.43 Å². The molecule has 1 aliphatic rings. The maximum atomic E-state index is 11.4. The van der Waals surface area contributed by atoms with Crippen LogP contribution < -0.4 is 5.43 Å². The lowest BCUT2D eigenvalue weighted by atomic mass is 9.86. The van der Waals surface area contributed by atoms with E-state index in [1.807, 2.05) is 53.7 Å². The summed E-state index contributed by atoms with van der Waals surface area (Å²) in [5.41, 5.74) is 1.94. The van der Waals surface area contributed by atoms with Gasteiger partial charge in [-0.1, -0.05) is 39.8 Å². The summed E-state index contributed by atoms with van der Waals surface area (Å²) in [6, 6.07) is 0. The molecule has 1 heterocycles. The topological polar surface area (TPSA) is 41.5 Å². The molecule has 0 aliphatic carbocycles. The Labute approximate surface area is 92.6 Å². The summed E-state index contributed by atoms with van der Waals surface area (Å²) in [6.07, 6.45) is 5.67. The summed E-state index contributed by atoms with van der Waals surface area (Å²) in [5, 5.41) is 3.88. The molecule has 3 heteroatoms. The highest BCUT2D eigenvalue weighted by Crippen LogP contribution is 2.23. The summed E-state index contributed by atoms with van der Waals surface area (Å²) in [7, 11) is 0. The van der Waals surface area contributed by atoms with Gasteiger partial charge in [0, 0.05) is 11.6 Å². The van der Waals surface area contributed by atoms with E-state index < -0.39 is 5.41 Å². The van der Waals surface area contributed by atoms with E-state index in [1.54, 1.807) is 6.21 Å². The number of allylic oxidation sites excluding steroid dienone is 1. The molecule has 3 nitrogen and oxygen atoms in total. The Morgan fingerprint density at radius 1 is 1.13 bits per heavy atom. The molecule has 1 aliphatic heterocycles. The zero-order valence-electron chi connectivity index (χ0n) is 10.6. The Hall–Kier alpha value is -1.12. The Morgan fingerprint density at radius 3 is 2.20 bits per heavy atom. The van der Waals surface area contributed by atoms with Gasteiger partial charge in [0.1, 0.15) is 0 Å². The molecule has 0 fully saturated rings. The molecular weight excluding hydrogens is 188 g/mol. The van der Waals surface area contributed by atoms with Gasteiger partial charge in [0.15, 0.2) is 0 Å². The van der Waals surface area contributed by atoms with E-state index in [2.05, 4.69) is 10.5 Å². The van der Waals surface area contributed by atoms with E-state index >= 15 is 0 Å². The van der Waals surface area contributed by atoms with E-state index in [9.17, 15) is 4.79 Å². The second kappa shape index (κ2) is 5.10. The summed E-state index contributed by atoms with van der Waals surface area (Å²) < 4.78 is 0. The SMILES string of the molecule is CC.CC1(C)/C=C\C(C)(C)C(=O)N/N=C\1. The molecule has 0 radical (unpaired) electrons. The van der Waals surface area contributed by atoms with Crippen molar-refractivity contribution in [3.05, 3.63) is 12.2 Å². The Bertz CT molecular complexity index is 275. The number of nitrogens with one attached hydrogen (secondary N) is 1. The van der Waals surface area contributed by atoms with Crippen LogP contribution in [-0.4, -0.2) is 12.1 Å². The van der Waals surface area contributed by atoms with E-state index in [0.717, 1.165) is 0 Å². The molecule has 0 aromatic heterocycles. The lowest BCUT2D eigenvalue weighted by molar-refractivity contribution is -0.127. The third-order valence-electron chi connectivity index (χ3n) is 2.08. The molecule has 0 bridgehead atoms. The zero-order chi connectivity index (χ0) is 12.1. The first kappa shape index (κ1) is 13.9. The quantitative estimate of drug-likeness (QED) is 0.614. The number of hydrogen-bond acceptors (Lipinski definition) is 2. The predicted molar refractivity (Wildman–Crippen MR) is 64.7 cm³/mol. The van der Waals surface area contributed by atoms with Gasteiger partial charge in [0.25, 0.3) is 0 Å². The molecule has 15 heavy (non-hydrogen) atoms. The highest BCUT2D eigenvalue weighted by atomic mass is 16.2. The summed E-state index contributed by atoms with van der Waals surface area (Å²) in [6.45, 7) is 11.8. The standard InChI is InChI=1S/C10H16N2O.C2H6/c1-9(2)5-6-10(3,4)8(13)12-11-7-9;1-2/h5-7H,1-4H3,(H,12,13);1-2H3/b6-5-,11-7-;. The number of amides is 1. The second-order valence-corrected chi connectivity index (χ2v) is 4.58. The molecule has 0 saturated carbocycles. The number of carbonyl (C=O) groups excluding carboxylic acids is 1. The number of nitrogens with zero attached hydrogens (tertiary/aromatic N) is 1. The van der Waals surface area contributed by atoms with E-state index in [4.69, 9.17) is 0 Å². The normalized spacial score (nSPS) is 26.1. The van der Waals surface area contributed by atoms with Crippen LogP contribution in [0.4, 0.5) is 0 Å². The van der Waals surface area contributed by atoms with Crippen LogP contribution in [0.5, 0.6) is 0 Å². The molecular formula is C12H22N2O. The third-order valence-corrected chi connectivity index (χ3v) is 2.08. The van der Waals surface area contributed by atoms with Crippen molar-refractivity contribution in [3.8, 4) is 0 Å². The fourth-order valence-electron chi connectivity index (χ4n) is 0.943. The third kappa shape index (κ3) is 4.28. The van der Waals surface area contributed by atoms with Crippen molar-refractivity contribution in [2.45, 2.75) is 41.5 Å². The van der Waals surface area contributed by atoms with Gasteiger partial charge in [-0.2, -0.15) is 5.10 Å². The van der Waals surface area contributed by atoms with Crippen LogP contribution in [0.15, 0.2) is 17.3 Å². The lowest BCUT2D eigenvalue weighted by Crippen LogP contribution is -2.34. The second-order valence-electron chi connectivity index (χ2n) is 4.58. The van der Waals surface area contributed by atoms with Crippen LogP contribution in [0.2, 0.25) is 0 Å². The van der Waals surface area contributed by atoms with E-state index in [1.165, 1.54) is 0 Å². The molecule has 0 unspecified atom stereocenters. The van der Waals surface area contributed by atoms with E-state index in [-0.39, 0.29) is 11.3 Å². The summed E-state index contributed by atoms with van der Waals surface area (Å²) in [5.74, 6) is -0.0736. The molecule has 1 amide bonds. The lowest BCUT2D eigenvalue weighted by Gasteiger charge is -2.23. The average Bonchev–Trinajstić information content (AvgIpc) is 2.17. The van der Waals surface area contributed by atoms with Gasteiger partial charge in [0.2, 0.25) is 5.91 Å². The molecule has 1 N–H and O–H groups in total. The molecule has 1 rings (SSSR count). The minimum atomic E-state index is -0.477. The van der Waals surface area contributed by atoms with Crippen LogP contribution in [0.25, 0.3) is 0 Å². The Morgan fingerprint density at radius 2 is 1.67 bits per heavy atom. The van der Waals surface area contributed by atoms with Gasteiger partial charge in [-0.25, -0.2) is 5.43 Å². The molecule has 0 atom stereocenters. The Kier molecular flexibility index (Phi) is 4.72. The maximum absolute atomic E-state index is 11.4. The van der Waals surface area contributed by atoms with Crippen LogP contribution in [0, 0.1) is 10.8 Å². The van der Waals surface area contributed by atoms with Crippen LogP contribution in [-0.2, 0) is 4.79 Å². The molecule has 0 saturated heterocycles. The van der Waals surface area contributed by atoms with Gasteiger partial charge in [0.05, 0.1) is 5.41 Å². The van der Waals surface area contributed by atoms with Crippen LogP contribution in [0.1, 0.15) is 41.5 Å². The molecule has 0 aromatic carbocycles. The average molecular weight is 210 g/mol. The number of hydrazone groups is 1. The minimum Gasteiger partial charge on any atom is -0.272 e. The first-order chi connectivity index (χ1) is 6.83. The minimum absolute atomic E-state index is 0.0736. The molecule has 0 spiro atoms. The van der Waals surface area contributed by atoms with Crippen molar-refractivity contribution < 1.29 is 4.79 Å². The number of carbonyl (C=O) groups is 1. The maximum Gasteiger partial charge on any atom is 0.249 e. The van der Waals surface area contributed by atoms with Crippen molar-refractivity contribution in [2.24, 2.45) is 15.9 Å². The van der Waals surface area contributed by atoms with Crippen LogP contribution in [0.3, 0.4) is 0 Å².